The molecule has 0 unspecified atom stereocenters. The van der Waals surface area contributed by atoms with Crippen LogP contribution in [0.2, 0.25) is 0 Å². The summed E-state index contributed by atoms with van der Waals surface area (Å²) < 4.78 is 61.5. The fraction of sp³-hybridized carbons (Fsp3) is 0.300. The molecule has 1 aromatic rings. The van der Waals surface area contributed by atoms with E-state index in [9.17, 15) is 21.6 Å². The van der Waals surface area contributed by atoms with Gasteiger partial charge in [-0.3, -0.25) is 4.31 Å². The molecule has 0 heterocycles. The van der Waals surface area contributed by atoms with E-state index in [1.165, 1.54) is 12.1 Å². The van der Waals surface area contributed by atoms with Crippen LogP contribution >= 0.6 is 0 Å². The highest BCUT2D eigenvalue weighted by molar-refractivity contribution is 7.92. The van der Waals surface area contributed by atoms with Gasteiger partial charge in [-0.25, -0.2) is 8.42 Å². The van der Waals surface area contributed by atoms with Crippen molar-refractivity contribution >= 4 is 15.7 Å². The molecule has 0 aliphatic rings. The maximum atomic E-state index is 12.8. The van der Waals surface area contributed by atoms with Gasteiger partial charge in [-0.2, -0.15) is 13.2 Å². The molecule has 17 heavy (non-hydrogen) atoms. The summed E-state index contributed by atoms with van der Waals surface area (Å²) in [6.45, 7) is 3.27. The Morgan fingerprint density at radius 2 is 1.82 bits per heavy atom. The molecule has 0 aliphatic heterocycles. The van der Waals surface area contributed by atoms with Crippen LogP contribution in [-0.2, 0) is 16.2 Å². The average molecular weight is 266 g/mol. The van der Waals surface area contributed by atoms with Crippen LogP contribution in [0.5, 0.6) is 0 Å². The molecule has 0 atom stereocenters. The van der Waals surface area contributed by atoms with Gasteiger partial charge >= 0.3 is 6.18 Å². The fourth-order valence-electron chi connectivity index (χ4n) is 1.35. The van der Waals surface area contributed by atoms with E-state index in [0.717, 1.165) is 19.4 Å². The summed E-state index contributed by atoms with van der Waals surface area (Å²) >= 11 is 0. The van der Waals surface area contributed by atoms with Crippen LogP contribution in [0.4, 0.5) is 18.9 Å². The number of nitrogens with zero attached hydrogens (tertiary/aromatic N) is 1. The molecule has 0 fully saturated rings. The number of halogens is 3. The van der Waals surface area contributed by atoms with E-state index in [4.69, 9.17) is 0 Å². The summed E-state index contributed by atoms with van der Waals surface area (Å²) in [5.41, 5.74) is -1.72. The predicted octanol–water partition coefficient (Wildman–Crippen LogP) is 2.28. The molecule has 0 bridgehead atoms. The third-order valence-electron chi connectivity index (χ3n) is 2.25. The lowest BCUT2D eigenvalue weighted by molar-refractivity contribution is -0.137. The van der Waals surface area contributed by atoms with E-state index in [1.54, 1.807) is 0 Å². The Kier molecular flexibility index (Phi) is 3.42. The molecule has 0 spiro atoms. The molecule has 95 valence electrons. The van der Waals surface area contributed by atoms with Crippen molar-refractivity contribution in [3.8, 4) is 0 Å². The summed E-state index contributed by atoms with van der Waals surface area (Å²) in [6, 6.07) is 3.61. The zero-order chi connectivity index (χ0) is 13.4. The minimum atomic E-state index is -4.65. The first-order valence-electron chi connectivity index (χ1n) is 4.51. The van der Waals surface area contributed by atoms with Crippen LogP contribution in [-0.4, -0.2) is 21.7 Å². The third kappa shape index (κ3) is 2.91. The lowest BCUT2D eigenvalue weighted by atomic mass is 10.1. The van der Waals surface area contributed by atoms with Gasteiger partial charge in [0.25, 0.3) is 0 Å². The molecule has 0 aromatic heterocycles. The first kappa shape index (κ1) is 13.8. The van der Waals surface area contributed by atoms with E-state index >= 15 is 0 Å². The predicted molar refractivity (Wildman–Crippen MR) is 59.1 cm³/mol. The molecule has 1 aromatic carbocycles. The minimum Gasteiger partial charge on any atom is -0.273 e. The van der Waals surface area contributed by atoms with Crippen LogP contribution in [0.3, 0.4) is 0 Å². The van der Waals surface area contributed by atoms with Crippen LogP contribution in [0.25, 0.3) is 0 Å². The van der Waals surface area contributed by atoms with Gasteiger partial charge in [0.1, 0.15) is 0 Å². The average Bonchev–Trinajstić information content (AvgIpc) is 2.12. The van der Waals surface area contributed by atoms with Gasteiger partial charge in [-0.15, -0.1) is 0 Å². The number of anilines is 1. The SMILES string of the molecule is [CH2]c1cccc(N(C)S(C)(=O)=O)c1C(F)(F)F. The smallest absolute Gasteiger partial charge is 0.273 e. The molecular weight excluding hydrogens is 255 g/mol. The Balaban J connectivity index is 3.51. The first-order chi connectivity index (χ1) is 7.55. The Hall–Kier alpha value is -1.24. The van der Waals surface area contributed by atoms with E-state index in [1.807, 2.05) is 0 Å². The van der Waals surface area contributed by atoms with Crippen LogP contribution in [0.1, 0.15) is 11.1 Å². The molecule has 0 amide bonds. The number of rotatable bonds is 2. The Labute approximate surface area is 97.9 Å². The number of hydrogen-bond donors (Lipinski definition) is 0. The summed E-state index contributed by atoms with van der Waals surface area (Å²) in [5, 5.41) is 0. The fourth-order valence-corrected chi connectivity index (χ4v) is 1.86. The van der Waals surface area contributed by atoms with Gasteiger partial charge in [0, 0.05) is 7.05 Å². The van der Waals surface area contributed by atoms with Crippen molar-refractivity contribution in [2.24, 2.45) is 0 Å². The summed E-state index contributed by atoms with van der Waals surface area (Å²) in [5.74, 6) is 0. The van der Waals surface area contributed by atoms with Gasteiger partial charge in [-0.05, 0) is 18.6 Å². The number of hydrogen-bond acceptors (Lipinski definition) is 2. The van der Waals surface area contributed by atoms with Crippen LogP contribution in [0, 0.1) is 6.92 Å². The molecule has 0 saturated heterocycles. The molecule has 3 nitrogen and oxygen atoms in total. The van der Waals surface area contributed by atoms with Crippen molar-refractivity contribution in [3.05, 3.63) is 36.2 Å². The second-order valence-corrected chi connectivity index (χ2v) is 5.55. The Bertz CT molecular complexity index is 523. The van der Waals surface area contributed by atoms with Gasteiger partial charge < -0.3 is 0 Å². The standard InChI is InChI=1S/C10H11F3NO2S/c1-7-5-4-6-8(9(7)10(11,12)13)14(2)17(3,15)16/h4-6H,1H2,2-3H3. The van der Waals surface area contributed by atoms with E-state index in [-0.39, 0.29) is 5.56 Å². The second-order valence-electron chi connectivity index (χ2n) is 3.54. The highest BCUT2D eigenvalue weighted by Crippen LogP contribution is 2.38. The van der Waals surface area contributed by atoms with Crippen LogP contribution in [0.15, 0.2) is 18.2 Å². The molecule has 0 saturated carbocycles. The van der Waals surface area contributed by atoms with Gasteiger partial charge in [-0.1, -0.05) is 12.1 Å². The first-order valence-corrected chi connectivity index (χ1v) is 6.36. The molecule has 1 radical (unpaired) electrons. The Morgan fingerprint density at radius 3 is 2.24 bits per heavy atom. The van der Waals surface area contributed by atoms with E-state index < -0.39 is 27.5 Å². The Morgan fingerprint density at radius 1 is 1.29 bits per heavy atom. The van der Waals surface area contributed by atoms with Crippen LogP contribution < -0.4 is 4.31 Å². The normalized spacial score (nSPS) is 12.6. The van der Waals surface area contributed by atoms with Crippen molar-refractivity contribution < 1.29 is 21.6 Å². The maximum Gasteiger partial charge on any atom is 0.418 e. The summed E-state index contributed by atoms with van der Waals surface area (Å²) in [7, 11) is -2.68. The number of alkyl halides is 3. The van der Waals surface area contributed by atoms with Crippen molar-refractivity contribution in [3.63, 3.8) is 0 Å². The molecule has 0 N–H and O–H groups in total. The quantitative estimate of drug-likeness (QED) is 0.823. The lowest BCUT2D eigenvalue weighted by Crippen LogP contribution is -2.27. The van der Waals surface area contributed by atoms with Crippen molar-refractivity contribution in [2.75, 3.05) is 17.6 Å². The molecule has 0 aliphatic carbocycles. The minimum absolute atomic E-state index is 0.259. The monoisotopic (exact) mass is 266 g/mol. The van der Waals surface area contributed by atoms with Crippen molar-refractivity contribution in [1.82, 2.24) is 0 Å². The van der Waals surface area contributed by atoms with Gasteiger partial charge in [0.05, 0.1) is 17.5 Å². The van der Waals surface area contributed by atoms with E-state index in [0.29, 0.717) is 4.31 Å². The molecule has 7 heteroatoms. The number of benzene rings is 1. The van der Waals surface area contributed by atoms with Gasteiger partial charge in [0.15, 0.2) is 0 Å². The molecule has 1 rings (SSSR count). The zero-order valence-corrected chi connectivity index (χ0v) is 10.1. The molecular formula is C10H11F3NO2S. The van der Waals surface area contributed by atoms with Crippen molar-refractivity contribution in [2.45, 2.75) is 6.18 Å². The zero-order valence-electron chi connectivity index (χ0n) is 9.25. The highest BCUT2D eigenvalue weighted by Gasteiger charge is 2.37. The highest BCUT2D eigenvalue weighted by atomic mass is 32.2. The van der Waals surface area contributed by atoms with Gasteiger partial charge in [0.2, 0.25) is 10.0 Å². The third-order valence-corrected chi connectivity index (χ3v) is 3.44. The maximum absolute atomic E-state index is 12.8. The summed E-state index contributed by atoms with van der Waals surface area (Å²) in [4.78, 5) is 0. The van der Waals surface area contributed by atoms with Crippen molar-refractivity contribution in [1.29, 1.82) is 0 Å². The lowest BCUT2D eigenvalue weighted by Gasteiger charge is -2.22. The second kappa shape index (κ2) is 4.21. The summed E-state index contributed by atoms with van der Waals surface area (Å²) in [6.07, 6.45) is -3.81. The van der Waals surface area contributed by atoms with E-state index in [2.05, 4.69) is 6.92 Å². The topological polar surface area (TPSA) is 37.4 Å². The number of sulfonamides is 1. The largest absolute Gasteiger partial charge is 0.418 e.